The Morgan fingerprint density at radius 2 is 1.76 bits per heavy atom. The van der Waals surface area contributed by atoms with Gasteiger partial charge in [-0.15, -0.1) is 0 Å². The number of carbonyl (C=O) groups excluding carboxylic acids is 1. The molecule has 6 heteroatoms. The van der Waals surface area contributed by atoms with Crippen molar-refractivity contribution in [3.05, 3.63) is 35.4 Å². The molecule has 0 spiro atoms. The Labute approximate surface area is 124 Å². The van der Waals surface area contributed by atoms with E-state index in [-0.39, 0.29) is 17.7 Å². The van der Waals surface area contributed by atoms with Gasteiger partial charge in [-0.25, -0.2) is 9.59 Å². The Morgan fingerprint density at radius 3 is 2.33 bits per heavy atom. The van der Waals surface area contributed by atoms with Gasteiger partial charge in [-0.2, -0.15) is 0 Å². The first-order chi connectivity index (χ1) is 9.99. The molecule has 1 rings (SSSR count). The maximum atomic E-state index is 11.5. The van der Waals surface area contributed by atoms with Crippen molar-refractivity contribution >= 4 is 12.0 Å². The highest BCUT2D eigenvalue weighted by molar-refractivity contribution is 5.87. The van der Waals surface area contributed by atoms with E-state index in [9.17, 15) is 9.59 Å². The number of hydrogen-bond acceptors (Lipinski definition) is 3. The average Bonchev–Trinajstić information content (AvgIpc) is 2.44. The minimum atomic E-state index is -0.942. The summed E-state index contributed by atoms with van der Waals surface area (Å²) in [6.45, 7) is 5.33. The van der Waals surface area contributed by atoms with Crippen molar-refractivity contribution in [2.75, 3.05) is 19.7 Å². The van der Waals surface area contributed by atoms with Gasteiger partial charge in [0.25, 0.3) is 0 Å². The second kappa shape index (κ2) is 8.97. The van der Waals surface area contributed by atoms with E-state index in [1.807, 2.05) is 13.8 Å². The van der Waals surface area contributed by atoms with Crippen molar-refractivity contribution in [1.82, 2.24) is 10.6 Å². The average molecular weight is 294 g/mol. The van der Waals surface area contributed by atoms with Gasteiger partial charge in [0, 0.05) is 13.1 Å². The number of rotatable bonds is 8. The molecular weight excluding hydrogens is 272 g/mol. The zero-order chi connectivity index (χ0) is 15.7. The number of carboxylic acid groups (broad SMARTS) is 1. The summed E-state index contributed by atoms with van der Waals surface area (Å²) in [7, 11) is 0. The van der Waals surface area contributed by atoms with Crippen molar-refractivity contribution in [3.8, 4) is 0 Å². The maximum Gasteiger partial charge on any atom is 0.335 e. The van der Waals surface area contributed by atoms with Gasteiger partial charge in [0.2, 0.25) is 0 Å². The summed E-state index contributed by atoms with van der Waals surface area (Å²) >= 11 is 0. The fourth-order valence-corrected chi connectivity index (χ4v) is 1.66. The normalized spacial score (nSPS) is 10.4. The molecule has 0 unspecified atom stereocenters. The molecule has 2 amide bonds. The highest BCUT2D eigenvalue weighted by atomic mass is 16.5. The van der Waals surface area contributed by atoms with Gasteiger partial charge >= 0.3 is 12.0 Å². The van der Waals surface area contributed by atoms with Gasteiger partial charge in [0.15, 0.2) is 0 Å². The number of ether oxygens (including phenoxy) is 1. The molecule has 0 aromatic heterocycles. The van der Waals surface area contributed by atoms with Crippen LogP contribution in [-0.4, -0.2) is 42.9 Å². The minimum Gasteiger partial charge on any atom is -0.478 e. The first-order valence-corrected chi connectivity index (χ1v) is 6.94. The van der Waals surface area contributed by atoms with E-state index >= 15 is 0 Å². The zero-order valence-electron chi connectivity index (χ0n) is 12.4. The minimum absolute atomic E-state index is 0.156. The largest absolute Gasteiger partial charge is 0.478 e. The van der Waals surface area contributed by atoms with Crippen LogP contribution in [0.25, 0.3) is 0 Å². The number of benzene rings is 1. The molecule has 0 heterocycles. The van der Waals surface area contributed by atoms with Crippen LogP contribution in [0.4, 0.5) is 4.79 Å². The molecule has 116 valence electrons. The van der Waals surface area contributed by atoms with Crippen LogP contribution in [-0.2, 0) is 11.2 Å². The SMILES string of the molecule is CC(C)OCCNC(=O)NCCc1ccc(C(=O)O)cc1. The monoisotopic (exact) mass is 294 g/mol. The standard InChI is InChI=1S/C15H22N2O4/c1-11(2)21-10-9-17-15(20)16-8-7-12-3-5-13(6-4-12)14(18)19/h3-6,11H,7-10H2,1-2H3,(H,18,19)(H2,16,17,20). The molecule has 1 aromatic carbocycles. The molecular formula is C15H22N2O4. The number of hydrogen-bond donors (Lipinski definition) is 3. The summed E-state index contributed by atoms with van der Waals surface area (Å²) in [4.78, 5) is 22.2. The molecule has 0 aliphatic carbocycles. The maximum absolute atomic E-state index is 11.5. The lowest BCUT2D eigenvalue weighted by molar-refractivity contribution is 0.0696. The van der Waals surface area contributed by atoms with Crippen LogP contribution in [0.3, 0.4) is 0 Å². The fraction of sp³-hybridized carbons (Fsp3) is 0.467. The van der Waals surface area contributed by atoms with E-state index < -0.39 is 5.97 Å². The van der Waals surface area contributed by atoms with Crippen molar-refractivity contribution in [2.45, 2.75) is 26.4 Å². The van der Waals surface area contributed by atoms with E-state index in [1.54, 1.807) is 24.3 Å². The van der Waals surface area contributed by atoms with Crippen LogP contribution >= 0.6 is 0 Å². The summed E-state index contributed by atoms with van der Waals surface area (Å²) in [5.74, 6) is -0.942. The van der Waals surface area contributed by atoms with E-state index in [0.717, 1.165) is 5.56 Å². The molecule has 21 heavy (non-hydrogen) atoms. The summed E-state index contributed by atoms with van der Waals surface area (Å²) in [5.41, 5.74) is 1.23. The molecule has 0 saturated carbocycles. The van der Waals surface area contributed by atoms with Crippen molar-refractivity contribution in [3.63, 3.8) is 0 Å². The number of amides is 2. The lowest BCUT2D eigenvalue weighted by Gasteiger charge is -2.10. The number of urea groups is 1. The second-order valence-corrected chi connectivity index (χ2v) is 4.85. The third kappa shape index (κ3) is 7.31. The van der Waals surface area contributed by atoms with Crippen molar-refractivity contribution in [1.29, 1.82) is 0 Å². The van der Waals surface area contributed by atoms with Gasteiger partial charge in [-0.05, 0) is 38.0 Å². The van der Waals surface area contributed by atoms with Gasteiger partial charge < -0.3 is 20.5 Å². The van der Waals surface area contributed by atoms with Crippen LogP contribution in [0.2, 0.25) is 0 Å². The van der Waals surface area contributed by atoms with E-state index in [2.05, 4.69) is 10.6 Å². The fourth-order valence-electron chi connectivity index (χ4n) is 1.66. The molecule has 0 atom stereocenters. The third-order valence-electron chi connectivity index (χ3n) is 2.74. The summed E-state index contributed by atoms with van der Waals surface area (Å²) < 4.78 is 5.31. The van der Waals surface area contributed by atoms with E-state index in [1.165, 1.54) is 0 Å². The number of nitrogens with one attached hydrogen (secondary N) is 2. The van der Waals surface area contributed by atoms with Crippen molar-refractivity contribution in [2.24, 2.45) is 0 Å². The Balaban J connectivity index is 2.18. The van der Waals surface area contributed by atoms with E-state index in [0.29, 0.717) is 26.1 Å². The highest BCUT2D eigenvalue weighted by Crippen LogP contribution is 2.04. The van der Waals surface area contributed by atoms with E-state index in [4.69, 9.17) is 9.84 Å². The Morgan fingerprint density at radius 1 is 1.14 bits per heavy atom. The molecule has 1 aromatic rings. The van der Waals surface area contributed by atoms with Gasteiger partial charge in [0.1, 0.15) is 0 Å². The third-order valence-corrected chi connectivity index (χ3v) is 2.74. The number of aromatic carboxylic acids is 1. The van der Waals surface area contributed by atoms with Crippen LogP contribution in [0.5, 0.6) is 0 Å². The molecule has 3 N–H and O–H groups in total. The first kappa shape index (κ1) is 17.0. The Hall–Kier alpha value is -2.08. The molecule has 0 bridgehead atoms. The molecule has 0 fully saturated rings. The van der Waals surface area contributed by atoms with Crippen LogP contribution in [0.15, 0.2) is 24.3 Å². The summed E-state index contributed by atoms with van der Waals surface area (Å²) in [5, 5.41) is 14.2. The Kier molecular flexibility index (Phi) is 7.25. The van der Waals surface area contributed by atoms with Crippen LogP contribution in [0, 0.1) is 0 Å². The van der Waals surface area contributed by atoms with Gasteiger partial charge in [-0.1, -0.05) is 12.1 Å². The summed E-state index contributed by atoms with van der Waals surface area (Å²) in [6.07, 6.45) is 0.805. The van der Waals surface area contributed by atoms with Gasteiger partial charge in [0.05, 0.1) is 18.3 Å². The topological polar surface area (TPSA) is 87.7 Å². The lowest BCUT2D eigenvalue weighted by atomic mass is 10.1. The number of carbonyl (C=O) groups is 2. The number of carboxylic acids is 1. The zero-order valence-corrected chi connectivity index (χ0v) is 12.4. The quantitative estimate of drug-likeness (QED) is 0.636. The predicted molar refractivity (Wildman–Crippen MR) is 79.6 cm³/mol. The smallest absolute Gasteiger partial charge is 0.335 e. The van der Waals surface area contributed by atoms with Crippen molar-refractivity contribution < 1.29 is 19.4 Å². The molecule has 0 saturated heterocycles. The summed E-state index contributed by atoms with van der Waals surface area (Å²) in [6, 6.07) is 6.38. The molecule has 0 aliphatic heterocycles. The van der Waals surface area contributed by atoms with Crippen LogP contribution < -0.4 is 10.6 Å². The van der Waals surface area contributed by atoms with Crippen LogP contribution in [0.1, 0.15) is 29.8 Å². The van der Waals surface area contributed by atoms with Gasteiger partial charge in [-0.3, -0.25) is 0 Å². The first-order valence-electron chi connectivity index (χ1n) is 6.94. The lowest BCUT2D eigenvalue weighted by Crippen LogP contribution is -2.38. The Bertz CT molecular complexity index is 457. The predicted octanol–water partition coefficient (Wildman–Crippen LogP) is 1.65. The second-order valence-electron chi connectivity index (χ2n) is 4.85. The molecule has 0 radical (unpaired) electrons. The molecule has 6 nitrogen and oxygen atoms in total. The highest BCUT2D eigenvalue weighted by Gasteiger charge is 2.03. The molecule has 0 aliphatic rings.